The van der Waals surface area contributed by atoms with Gasteiger partial charge < -0.3 is 14.8 Å². The van der Waals surface area contributed by atoms with Crippen LogP contribution in [0.4, 0.5) is 0 Å². The van der Waals surface area contributed by atoms with Crippen LogP contribution in [0.1, 0.15) is 137 Å². The lowest BCUT2D eigenvalue weighted by molar-refractivity contribution is -0.123. The van der Waals surface area contributed by atoms with Crippen molar-refractivity contribution in [2.75, 3.05) is 33.0 Å². The van der Waals surface area contributed by atoms with Crippen LogP contribution in [-0.4, -0.2) is 38.9 Å². The lowest BCUT2D eigenvalue weighted by Crippen LogP contribution is -2.28. The number of carbonyl (C=O) groups is 1. The van der Waals surface area contributed by atoms with E-state index < -0.39 is 0 Å². The first-order valence-electron chi connectivity index (χ1n) is 14.5. The van der Waals surface area contributed by atoms with Crippen molar-refractivity contribution in [1.82, 2.24) is 5.32 Å². The number of hydrogen-bond acceptors (Lipinski definition) is 3. The van der Waals surface area contributed by atoms with Crippen molar-refractivity contribution < 1.29 is 14.3 Å². The molecule has 0 spiro atoms. The Bertz CT molecular complexity index is 388. The van der Waals surface area contributed by atoms with Gasteiger partial charge in [0.05, 0.1) is 13.2 Å². The maximum Gasteiger partial charge on any atom is 0.222 e. The number of amides is 1. The summed E-state index contributed by atoms with van der Waals surface area (Å²) < 4.78 is 11.4. The van der Waals surface area contributed by atoms with Crippen LogP contribution in [0, 0.1) is 11.8 Å². The standard InChI is InChI=1S/C29H59NO3/c1-5-7-9-13-19-28(20-14-10-8-6-2)21-15-11-17-23-32-25-26-33-24-18-12-16-22-30-29(31)27(3)4/h27-28H,5-26H2,1-4H3,(H,30,31). The molecule has 0 aliphatic rings. The fraction of sp³-hybridized carbons (Fsp3) is 0.966. The number of carbonyl (C=O) groups excluding carboxylic acids is 1. The molecule has 0 atom stereocenters. The predicted molar refractivity (Wildman–Crippen MR) is 143 cm³/mol. The highest BCUT2D eigenvalue weighted by Crippen LogP contribution is 2.24. The summed E-state index contributed by atoms with van der Waals surface area (Å²) in [5.74, 6) is 1.18. The van der Waals surface area contributed by atoms with E-state index in [2.05, 4.69) is 19.2 Å². The predicted octanol–water partition coefficient (Wildman–Crippen LogP) is 8.08. The van der Waals surface area contributed by atoms with Crippen LogP contribution in [0.3, 0.4) is 0 Å². The Hall–Kier alpha value is -0.610. The van der Waals surface area contributed by atoms with Gasteiger partial charge in [-0.1, -0.05) is 111 Å². The molecule has 1 amide bonds. The van der Waals surface area contributed by atoms with Gasteiger partial charge in [-0.25, -0.2) is 0 Å². The third-order valence-electron chi connectivity index (χ3n) is 6.49. The second-order valence-corrected chi connectivity index (χ2v) is 10.1. The van der Waals surface area contributed by atoms with Crippen LogP contribution in [0.5, 0.6) is 0 Å². The van der Waals surface area contributed by atoms with Gasteiger partial charge in [-0.3, -0.25) is 4.79 Å². The summed E-state index contributed by atoms with van der Waals surface area (Å²) in [5.41, 5.74) is 0. The second-order valence-electron chi connectivity index (χ2n) is 10.1. The highest BCUT2D eigenvalue weighted by molar-refractivity contribution is 5.77. The lowest BCUT2D eigenvalue weighted by Gasteiger charge is -2.17. The molecule has 0 unspecified atom stereocenters. The summed E-state index contributed by atoms with van der Waals surface area (Å²) in [6.45, 7) is 12.3. The molecule has 0 radical (unpaired) electrons. The number of nitrogens with one attached hydrogen (secondary N) is 1. The number of unbranched alkanes of at least 4 members (excludes halogenated alkanes) is 10. The van der Waals surface area contributed by atoms with Crippen molar-refractivity contribution >= 4 is 5.91 Å². The summed E-state index contributed by atoms with van der Waals surface area (Å²) in [4.78, 5) is 11.5. The van der Waals surface area contributed by atoms with E-state index in [0.29, 0.717) is 13.2 Å². The third kappa shape index (κ3) is 24.3. The normalized spacial score (nSPS) is 11.6. The number of ether oxygens (including phenoxy) is 2. The molecule has 198 valence electrons. The third-order valence-corrected chi connectivity index (χ3v) is 6.49. The van der Waals surface area contributed by atoms with Gasteiger partial charge in [0.2, 0.25) is 5.91 Å². The van der Waals surface area contributed by atoms with Crippen molar-refractivity contribution in [1.29, 1.82) is 0 Å². The van der Waals surface area contributed by atoms with E-state index in [1.807, 2.05) is 13.8 Å². The molecule has 0 bridgehead atoms. The molecule has 0 saturated carbocycles. The van der Waals surface area contributed by atoms with E-state index in [4.69, 9.17) is 9.47 Å². The van der Waals surface area contributed by atoms with E-state index in [0.717, 1.165) is 44.9 Å². The van der Waals surface area contributed by atoms with Crippen LogP contribution in [0.2, 0.25) is 0 Å². The van der Waals surface area contributed by atoms with Gasteiger partial charge in [0.1, 0.15) is 0 Å². The van der Waals surface area contributed by atoms with Gasteiger partial charge in [-0.15, -0.1) is 0 Å². The Morgan fingerprint density at radius 1 is 0.606 bits per heavy atom. The van der Waals surface area contributed by atoms with Crippen LogP contribution in [0.15, 0.2) is 0 Å². The minimum atomic E-state index is 0.0749. The molecule has 1 N–H and O–H groups in total. The topological polar surface area (TPSA) is 47.6 Å². The summed E-state index contributed by atoms with van der Waals surface area (Å²) in [6, 6.07) is 0. The van der Waals surface area contributed by atoms with Crippen molar-refractivity contribution in [3.63, 3.8) is 0 Å². The summed E-state index contributed by atoms with van der Waals surface area (Å²) in [5, 5.41) is 2.95. The van der Waals surface area contributed by atoms with Crippen LogP contribution >= 0.6 is 0 Å². The van der Waals surface area contributed by atoms with Gasteiger partial charge in [0.15, 0.2) is 0 Å². The average Bonchev–Trinajstić information content (AvgIpc) is 2.81. The monoisotopic (exact) mass is 469 g/mol. The summed E-state index contributed by atoms with van der Waals surface area (Å²) in [6.07, 6.45) is 22.5. The van der Waals surface area contributed by atoms with E-state index in [1.54, 1.807) is 0 Å². The van der Waals surface area contributed by atoms with Gasteiger partial charge in [-0.05, 0) is 31.6 Å². The Balaban J connectivity index is 3.49. The first-order valence-corrected chi connectivity index (χ1v) is 14.5. The van der Waals surface area contributed by atoms with Gasteiger partial charge in [0.25, 0.3) is 0 Å². The van der Waals surface area contributed by atoms with E-state index in [1.165, 1.54) is 89.9 Å². The van der Waals surface area contributed by atoms with Crippen LogP contribution in [-0.2, 0) is 14.3 Å². The van der Waals surface area contributed by atoms with E-state index in [9.17, 15) is 4.79 Å². The Labute approximate surface area is 207 Å². The maximum absolute atomic E-state index is 11.5. The lowest BCUT2D eigenvalue weighted by atomic mass is 9.90. The zero-order chi connectivity index (χ0) is 24.4. The molecule has 0 saturated heterocycles. The smallest absolute Gasteiger partial charge is 0.222 e. The Morgan fingerprint density at radius 3 is 1.52 bits per heavy atom. The zero-order valence-corrected chi connectivity index (χ0v) is 22.9. The molecule has 0 rings (SSSR count). The zero-order valence-electron chi connectivity index (χ0n) is 22.9. The molecule has 33 heavy (non-hydrogen) atoms. The average molecular weight is 470 g/mol. The van der Waals surface area contributed by atoms with Crippen LogP contribution < -0.4 is 5.32 Å². The number of hydrogen-bond donors (Lipinski definition) is 1. The Morgan fingerprint density at radius 2 is 1.06 bits per heavy atom. The van der Waals surface area contributed by atoms with Gasteiger partial charge in [0, 0.05) is 25.7 Å². The fourth-order valence-electron chi connectivity index (χ4n) is 4.21. The highest BCUT2D eigenvalue weighted by atomic mass is 16.5. The molecule has 4 nitrogen and oxygen atoms in total. The SMILES string of the molecule is CCCCCCC(CCCCCC)CCCCCOCCOCCCCCNC(=O)C(C)C. The van der Waals surface area contributed by atoms with Crippen molar-refractivity contribution in [2.45, 2.75) is 137 Å². The molecule has 4 heteroatoms. The number of rotatable bonds is 26. The molecular formula is C29H59NO3. The second kappa shape index (κ2) is 26.0. The molecule has 0 aromatic carbocycles. The van der Waals surface area contributed by atoms with Gasteiger partial charge in [-0.2, -0.15) is 0 Å². The molecule has 0 aliphatic carbocycles. The van der Waals surface area contributed by atoms with Crippen molar-refractivity contribution in [3.8, 4) is 0 Å². The molecule has 0 aliphatic heterocycles. The molecule has 0 fully saturated rings. The molecule has 0 aromatic rings. The quantitative estimate of drug-likeness (QED) is 0.130. The first kappa shape index (κ1) is 32.4. The summed E-state index contributed by atoms with van der Waals surface area (Å²) >= 11 is 0. The fourth-order valence-corrected chi connectivity index (χ4v) is 4.21. The van der Waals surface area contributed by atoms with Crippen LogP contribution in [0.25, 0.3) is 0 Å². The van der Waals surface area contributed by atoms with Crippen molar-refractivity contribution in [3.05, 3.63) is 0 Å². The molecular weight excluding hydrogens is 410 g/mol. The Kier molecular flexibility index (Phi) is 25.5. The maximum atomic E-state index is 11.5. The molecule has 0 heterocycles. The molecule has 0 aromatic heterocycles. The van der Waals surface area contributed by atoms with E-state index >= 15 is 0 Å². The largest absolute Gasteiger partial charge is 0.379 e. The highest BCUT2D eigenvalue weighted by Gasteiger charge is 2.08. The van der Waals surface area contributed by atoms with E-state index in [-0.39, 0.29) is 11.8 Å². The first-order chi connectivity index (χ1) is 16.1. The van der Waals surface area contributed by atoms with Crippen molar-refractivity contribution in [2.24, 2.45) is 11.8 Å². The summed E-state index contributed by atoms with van der Waals surface area (Å²) in [7, 11) is 0. The minimum Gasteiger partial charge on any atom is -0.379 e. The van der Waals surface area contributed by atoms with Gasteiger partial charge >= 0.3 is 0 Å². The minimum absolute atomic E-state index is 0.0749.